The minimum atomic E-state index is 0. The summed E-state index contributed by atoms with van der Waals surface area (Å²) in [7, 11) is 1.80. The van der Waals surface area contributed by atoms with Gasteiger partial charge in [-0.15, -0.1) is 24.0 Å². The van der Waals surface area contributed by atoms with Crippen molar-refractivity contribution in [1.82, 2.24) is 10.6 Å². The summed E-state index contributed by atoms with van der Waals surface area (Å²) in [6, 6.07) is 8.48. The van der Waals surface area contributed by atoms with E-state index in [1.807, 2.05) is 25.1 Å². The lowest BCUT2D eigenvalue weighted by molar-refractivity contribution is 0.0992. The summed E-state index contributed by atoms with van der Waals surface area (Å²) in [5, 5.41) is 6.87. The van der Waals surface area contributed by atoms with Crippen LogP contribution in [0.4, 0.5) is 0 Å². The van der Waals surface area contributed by atoms with Crippen LogP contribution in [0, 0.1) is 0 Å². The van der Waals surface area contributed by atoms with Gasteiger partial charge in [0.2, 0.25) is 0 Å². The monoisotopic (exact) mass is 431 g/mol. The summed E-state index contributed by atoms with van der Waals surface area (Å²) in [5.41, 5.74) is 1.14. The lowest BCUT2D eigenvalue weighted by atomic mass is 9.96. The molecule has 0 saturated carbocycles. The van der Waals surface area contributed by atoms with Crippen LogP contribution in [0.1, 0.15) is 31.7 Å². The third-order valence-electron chi connectivity index (χ3n) is 4.37. The van der Waals surface area contributed by atoms with Crippen LogP contribution in [0.15, 0.2) is 29.3 Å². The van der Waals surface area contributed by atoms with Gasteiger partial charge in [-0.05, 0) is 32.3 Å². The summed E-state index contributed by atoms with van der Waals surface area (Å²) in [5.74, 6) is 1.75. The van der Waals surface area contributed by atoms with Gasteiger partial charge in [-0.3, -0.25) is 4.99 Å². The Morgan fingerprint density at radius 1 is 1.35 bits per heavy atom. The molecular formula is C17H26IN3O2. The van der Waals surface area contributed by atoms with Gasteiger partial charge in [0, 0.05) is 19.2 Å². The van der Waals surface area contributed by atoms with Gasteiger partial charge in [-0.2, -0.15) is 0 Å². The molecule has 2 aliphatic heterocycles. The largest absolute Gasteiger partial charge is 0.494 e. The summed E-state index contributed by atoms with van der Waals surface area (Å²) in [4.78, 5) is 4.32. The van der Waals surface area contributed by atoms with Crippen LogP contribution in [-0.2, 0) is 11.3 Å². The molecule has 128 valence electrons. The van der Waals surface area contributed by atoms with Crippen LogP contribution in [-0.4, -0.2) is 37.9 Å². The van der Waals surface area contributed by atoms with Gasteiger partial charge in [0.1, 0.15) is 5.75 Å². The van der Waals surface area contributed by atoms with Gasteiger partial charge in [0.25, 0.3) is 0 Å². The van der Waals surface area contributed by atoms with E-state index in [9.17, 15) is 0 Å². The first-order valence-electron chi connectivity index (χ1n) is 8.13. The number of benzene rings is 1. The number of nitrogens with zero attached hydrogens (tertiary/aromatic N) is 1. The van der Waals surface area contributed by atoms with Crippen molar-refractivity contribution in [2.45, 2.75) is 51.0 Å². The predicted octanol–water partition coefficient (Wildman–Crippen LogP) is 2.69. The van der Waals surface area contributed by atoms with Crippen molar-refractivity contribution in [2.24, 2.45) is 4.99 Å². The molecule has 2 saturated heterocycles. The molecule has 0 aromatic heterocycles. The molecule has 3 unspecified atom stereocenters. The average molecular weight is 431 g/mol. The molecule has 23 heavy (non-hydrogen) atoms. The summed E-state index contributed by atoms with van der Waals surface area (Å²) in [6.07, 6.45) is 4.24. The second-order valence-electron chi connectivity index (χ2n) is 5.83. The normalized spacial score (nSPS) is 25.8. The van der Waals surface area contributed by atoms with Crippen molar-refractivity contribution >= 4 is 29.9 Å². The van der Waals surface area contributed by atoms with E-state index in [1.54, 1.807) is 7.05 Å². The Balaban J connectivity index is 0.00000192. The minimum absolute atomic E-state index is 0. The SMILES string of the molecule is CCOc1ccccc1CNC(=NC)NC1CC2CCC1O2.I. The third-order valence-corrected chi connectivity index (χ3v) is 4.37. The third kappa shape index (κ3) is 4.50. The smallest absolute Gasteiger partial charge is 0.191 e. The second kappa shape index (κ2) is 8.73. The Morgan fingerprint density at radius 3 is 2.83 bits per heavy atom. The molecule has 0 amide bonds. The number of rotatable bonds is 5. The topological polar surface area (TPSA) is 54.9 Å². The van der Waals surface area contributed by atoms with Gasteiger partial charge in [0.15, 0.2) is 5.96 Å². The molecule has 3 atom stereocenters. The van der Waals surface area contributed by atoms with Crippen molar-refractivity contribution in [1.29, 1.82) is 0 Å². The number of para-hydroxylation sites is 1. The molecule has 2 aliphatic rings. The molecule has 1 aromatic rings. The van der Waals surface area contributed by atoms with Gasteiger partial charge in [-0.25, -0.2) is 0 Å². The Labute approximate surface area is 155 Å². The Kier molecular flexibility index (Phi) is 6.95. The molecule has 2 heterocycles. The van der Waals surface area contributed by atoms with Crippen LogP contribution in [0.25, 0.3) is 0 Å². The number of guanidine groups is 1. The first kappa shape index (κ1) is 18.3. The van der Waals surface area contributed by atoms with E-state index in [2.05, 4.69) is 21.7 Å². The van der Waals surface area contributed by atoms with E-state index in [0.29, 0.717) is 31.4 Å². The average Bonchev–Trinajstić information content (AvgIpc) is 3.15. The van der Waals surface area contributed by atoms with Crippen LogP contribution < -0.4 is 15.4 Å². The fourth-order valence-corrected chi connectivity index (χ4v) is 3.29. The number of hydrogen-bond acceptors (Lipinski definition) is 3. The molecule has 3 rings (SSSR count). The highest BCUT2D eigenvalue weighted by molar-refractivity contribution is 14.0. The molecule has 2 N–H and O–H groups in total. The quantitative estimate of drug-likeness (QED) is 0.428. The highest BCUT2D eigenvalue weighted by Gasteiger charge is 2.41. The van der Waals surface area contributed by atoms with E-state index in [0.717, 1.165) is 30.1 Å². The van der Waals surface area contributed by atoms with Crippen LogP contribution in [0.2, 0.25) is 0 Å². The Morgan fingerprint density at radius 2 is 2.17 bits per heavy atom. The molecular weight excluding hydrogens is 405 g/mol. The lowest BCUT2D eigenvalue weighted by Crippen LogP contribution is -2.47. The molecule has 2 bridgehead atoms. The van der Waals surface area contributed by atoms with Gasteiger partial charge in [-0.1, -0.05) is 18.2 Å². The molecule has 2 fully saturated rings. The minimum Gasteiger partial charge on any atom is -0.494 e. The first-order chi connectivity index (χ1) is 10.8. The standard InChI is InChI=1S/C17H25N3O2.HI/c1-3-21-15-7-5-4-6-12(15)11-19-17(18-2)20-14-10-13-8-9-16(14)22-13;/h4-7,13-14,16H,3,8-11H2,1-2H3,(H2,18,19,20);1H. The maximum Gasteiger partial charge on any atom is 0.191 e. The number of aliphatic imine (C=N–C) groups is 1. The number of fused-ring (bicyclic) bond motifs is 2. The molecule has 1 aromatic carbocycles. The van der Waals surface area contributed by atoms with Crippen molar-refractivity contribution in [2.75, 3.05) is 13.7 Å². The fraction of sp³-hybridized carbons (Fsp3) is 0.588. The number of halogens is 1. The summed E-state index contributed by atoms with van der Waals surface area (Å²) < 4.78 is 11.5. The predicted molar refractivity (Wildman–Crippen MR) is 103 cm³/mol. The number of hydrogen-bond donors (Lipinski definition) is 2. The maximum atomic E-state index is 5.88. The zero-order valence-electron chi connectivity index (χ0n) is 13.7. The van der Waals surface area contributed by atoms with Crippen molar-refractivity contribution in [3.05, 3.63) is 29.8 Å². The van der Waals surface area contributed by atoms with E-state index in [1.165, 1.54) is 6.42 Å². The van der Waals surface area contributed by atoms with E-state index < -0.39 is 0 Å². The van der Waals surface area contributed by atoms with Crippen LogP contribution >= 0.6 is 24.0 Å². The fourth-order valence-electron chi connectivity index (χ4n) is 3.29. The highest BCUT2D eigenvalue weighted by atomic mass is 127. The van der Waals surface area contributed by atoms with E-state index >= 15 is 0 Å². The summed E-state index contributed by atoms with van der Waals surface area (Å²) >= 11 is 0. The van der Waals surface area contributed by atoms with Crippen molar-refractivity contribution in [3.63, 3.8) is 0 Å². The lowest BCUT2D eigenvalue weighted by Gasteiger charge is -2.23. The second-order valence-corrected chi connectivity index (χ2v) is 5.83. The number of nitrogens with one attached hydrogen (secondary N) is 2. The zero-order valence-corrected chi connectivity index (χ0v) is 16.1. The van der Waals surface area contributed by atoms with E-state index in [-0.39, 0.29) is 24.0 Å². The van der Waals surface area contributed by atoms with E-state index in [4.69, 9.17) is 9.47 Å². The molecule has 0 spiro atoms. The molecule has 5 nitrogen and oxygen atoms in total. The van der Waals surface area contributed by atoms with Gasteiger partial charge >= 0.3 is 0 Å². The van der Waals surface area contributed by atoms with Crippen molar-refractivity contribution in [3.8, 4) is 5.75 Å². The molecule has 0 radical (unpaired) electrons. The first-order valence-corrected chi connectivity index (χ1v) is 8.13. The number of ether oxygens (including phenoxy) is 2. The highest BCUT2D eigenvalue weighted by Crippen LogP contribution is 2.34. The maximum absolute atomic E-state index is 5.88. The van der Waals surface area contributed by atoms with Gasteiger partial charge in [0.05, 0.1) is 24.9 Å². The molecule has 6 heteroatoms. The Bertz CT molecular complexity index is 538. The van der Waals surface area contributed by atoms with Crippen LogP contribution in [0.3, 0.4) is 0 Å². The summed E-state index contributed by atoms with van der Waals surface area (Å²) in [6.45, 7) is 3.36. The van der Waals surface area contributed by atoms with Crippen molar-refractivity contribution < 1.29 is 9.47 Å². The van der Waals surface area contributed by atoms with Gasteiger partial charge < -0.3 is 20.1 Å². The van der Waals surface area contributed by atoms with Crippen LogP contribution in [0.5, 0.6) is 5.75 Å². The zero-order chi connectivity index (χ0) is 15.4. The molecule has 0 aliphatic carbocycles. The Hall–Kier alpha value is -1.02.